The van der Waals surface area contributed by atoms with Crippen molar-refractivity contribution in [2.45, 2.75) is 148 Å². The molecule has 0 aliphatic heterocycles. The molecule has 0 aromatic rings. The van der Waals surface area contributed by atoms with Crippen molar-refractivity contribution < 1.29 is 0 Å². The first-order valence-electron chi connectivity index (χ1n) is 13.7. The highest BCUT2D eigenvalue weighted by Crippen LogP contribution is 2.24. The molecule has 0 amide bonds. The van der Waals surface area contributed by atoms with Crippen molar-refractivity contribution in [1.82, 2.24) is 0 Å². The Morgan fingerprint density at radius 3 is 0.867 bits per heavy atom. The molecule has 176 valence electrons. The fourth-order valence-corrected chi connectivity index (χ4v) is 4.54. The average molecular weight is 417 g/mol. The second-order valence-electron chi connectivity index (χ2n) is 9.47. The molecule has 0 N–H and O–H groups in total. The molecule has 0 heterocycles. The lowest BCUT2D eigenvalue weighted by Gasteiger charge is -2.17. The van der Waals surface area contributed by atoms with Crippen molar-refractivity contribution in [3.8, 4) is 0 Å². The maximum Gasteiger partial charge on any atom is -0.0353 e. The number of rotatable bonds is 26. The van der Waals surface area contributed by atoms with Gasteiger partial charge in [-0.2, -0.15) is 0 Å². The summed E-state index contributed by atoms with van der Waals surface area (Å²) >= 11 is 0. The normalized spacial score (nSPS) is 12.0. The predicted molar refractivity (Wildman–Crippen MR) is 140 cm³/mol. The van der Waals surface area contributed by atoms with Crippen LogP contribution in [0.4, 0.5) is 0 Å². The molecule has 0 spiro atoms. The van der Waals surface area contributed by atoms with Gasteiger partial charge in [0.1, 0.15) is 0 Å². The van der Waals surface area contributed by atoms with Crippen molar-refractivity contribution in [3.63, 3.8) is 0 Å². The monoisotopic (exact) mass is 416 g/mol. The van der Waals surface area contributed by atoms with E-state index < -0.39 is 0 Å². The van der Waals surface area contributed by atoms with Crippen LogP contribution in [-0.4, -0.2) is 0 Å². The Morgan fingerprint density at radius 2 is 0.567 bits per heavy atom. The Kier molecular flexibility index (Phi) is 25.6. The zero-order valence-electron chi connectivity index (χ0n) is 20.7. The summed E-state index contributed by atoms with van der Waals surface area (Å²) in [5.41, 5.74) is 0. The number of allylic oxidation sites excluding steroid dienone is 3. The average Bonchev–Trinajstić information content (AvgIpc) is 2.76. The van der Waals surface area contributed by atoms with Gasteiger partial charge in [-0.15, -0.1) is 19.7 Å². The van der Waals surface area contributed by atoms with Crippen LogP contribution in [0.1, 0.15) is 148 Å². The van der Waals surface area contributed by atoms with Crippen LogP contribution >= 0.6 is 0 Å². The lowest BCUT2D eigenvalue weighted by atomic mass is 9.89. The van der Waals surface area contributed by atoms with Gasteiger partial charge in [0.2, 0.25) is 0 Å². The summed E-state index contributed by atoms with van der Waals surface area (Å²) in [4.78, 5) is 0. The van der Waals surface area contributed by atoms with Crippen molar-refractivity contribution in [2.24, 2.45) is 5.92 Å². The summed E-state index contributed by atoms with van der Waals surface area (Å²) in [6.45, 7) is 11.5. The van der Waals surface area contributed by atoms with Gasteiger partial charge in [-0.25, -0.2) is 0 Å². The molecule has 0 aliphatic carbocycles. The van der Waals surface area contributed by atoms with E-state index in [4.69, 9.17) is 0 Å². The number of hydrogen-bond donors (Lipinski definition) is 0. The second-order valence-corrected chi connectivity index (χ2v) is 9.47. The highest BCUT2D eigenvalue weighted by Gasteiger charge is 2.08. The molecule has 0 bridgehead atoms. The van der Waals surface area contributed by atoms with Crippen LogP contribution in [0.3, 0.4) is 0 Å². The maximum atomic E-state index is 3.86. The first kappa shape index (κ1) is 29.2. The van der Waals surface area contributed by atoms with Gasteiger partial charge in [0.15, 0.2) is 0 Å². The number of unbranched alkanes of at least 4 members (excludes halogenated alkanes) is 17. The quantitative estimate of drug-likeness (QED) is 0.0971. The molecule has 0 nitrogen and oxygen atoms in total. The summed E-state index contributed by atoms with van der Waals surface area (Å²) < 4.78 is 0. The summed E-state index contributed by atoms with van der Waals surface area (Å²) in [5.74, 6) is 0.994. The molecular formula is C30H56. The van der Waals surface area contributed by atoms with Gasteiger partial charge >= 0.3 is 0 Å². The first-order valence-corrected chi connectivity index (χ1v) is 13.7. The molecule has 0 radical (unpaired) electrons. The van der Waals surface area contributed by atoms with Crippen LogP contribution < -0.4 is 0 Å². The van der Waals surface area contributed by atoms with Crippen molar-refractivity contribution in [3.05, 3.63) is 38.0 Å². The minimum Gasteiger partial charge on any atom is -0.103 e. The van der Waals surface area contributed by atoms with Gasteiger partial charge in [-0.1, -0.05) is 127 Å². The molecular weight excluding hydrogens is 360 g/mol. The Morgan fingerprint density at radius 1 is 0.333 bits per heavy atom. The molecule has 1 unspecified atom stereocenters. The molecule has 1 atom stereocenters. The van der Waals surface area contributed by atoms with Crippen LogP contribution in [0, 0.1) is 5.92 Å². The summed E-state index contributed by atoms with van der Waals surface area (Å²) in [7, 11) is 0. The van der Waals surface area contributed by atoms with E-state index in [1.54, 1.807) is 0 Å². The lowest BCUT2D eigenvalue weighted by molar-refractivity contribution is 0.367. The standard InChI is InChI=1S/C30H56/c1-4-7-10-13-15-17-18-20-23-26-29-30(27-24-21-12-9-6-3)28-25-22-19-16-14-11-8-5-2/h4-6,30H,1-3,7-29H2. The van der Waals surface area contributed by atoms with E-state index in [0.29, 0.717) is 0 Å². The molecule has 0 saturated heterocycles. The molecule has 0 fully saturated rings. The topological polar surface area (TPSA) is 0 Å². The van der Waals surface area contributed by atoms with Crippen LogP contribution in [-0.2, 0) is 0 Å². The van der Waals surface area contributed by atoms with Gasteiger partial charge < -0.3 is 0 Å². The summed E-state index contributed by atoms with van der Waals surface area (Å²) in [5, 5.41) is 0. The van der Waals surface area contributed by atoms with Gasteiger partial charge in [0.25, 0.3) is 0 Å². The van der Waals surface area contributed by atoms with E-state index in [0.717, 1.165) is 5.92 Å². The van der Waals surface area contributed by atoms with E-state index in [1.165, 1.54) is 148 Å². The van der Waals surface area contributed by atoms with Crippen LogP contribution in [0.15, 0.2) is 38.0 Å². The fraction of sp³-hybridized carbons (Fsp3) is 0.800. The molecule has 0 aromatic heterocycles. The van der Waals surface area contributed by atoms with Gasteiger partial charge in [0.05, 0.1) is 0 Å². The van der Waals surface area contributed by atoms with E-state index in [2.05, 4.69) is 38.0 Å². The third-order valence-electron chi connectivity index (χ3n) is 6.56. The minimum absolute atomic E-state index is 0.994. The molecule has 0 rings (SSSR count). The van der Waals surface area contributed by atoms with Crippen LogP contribution in [0.5, 0.6) is 0 Å². The molecule has 0 aliphatic rings. The maximum absolute atomic E-state index is 3.86. The highest BCUT2D eigenvalue weighted by molar-refractivity contribution is 4.68. The smallest absolute Gasteiger partial charge is 0.0353 e. The minimum atomic E-state index is 0.994. The van der Waals surface area contributed by atoms with Gasteiger partial charge in [0, 0.05) is 0 Å². The van der Waals surface area contributed by atoms with Crippen LogP contribution in [0.2, 0.25) is 0 Å². The van der Waals surface area contributed by atoms with E-state index >= 15 is 0 Å². The highest BCUT2D eigenvalue weighted by atomic mass is 14.1. The third-order valence-corrected chi connectivity index (χ3v) is 6.56. The van der Waals surface area contributed by atoms with Gasteiger partial charge in [-0.3, -0.25) is 0 Å². The largest absolute Gasteiger partial charge is 0.103 e. The van der Waals surface area contributed by atoms with Crippen molar-refractivity contribution in [2.75, 3.05) is 0 Å². The SMILES string of the molecule is C=CCCCCCCCCCCC(CCCCCC=C)CCCCCCCCC=C. The Hall–Kier alpha value is -0.780. The Bertz CT molecular complexity index is 353. The fourth-order valence-electron chi connectivity index (χ4n) is 4.54. The van der Waals surface area contributed by atoms with E-state index in [-0.39, 0.29) is 0 Å². The number of hydrogen-bond acceptors (Lipinski definition) is 0. The summed E-state index contributed by atoms with van der Waals surface area (Å²) in [6.07, 6.45) is 38.4. The van der Waals surface area contributed by atoms with Crippen LogP contribution in [0.25, 0.3) is 0 Å². The molecule has 0 heteroatoms. The predicted octanol–water partition coefficient (Wildman–Crippen LogP) is 11.1. The summed E-state index contributed by atoms with van der Waals surface area (Å²) in [6, 6.07) is 0. The molecule has 0 saturated carbocycles. The van der Waals surface area contributed by atoms with Crippen molar-refractivity contribution in [1.29, 1.82) is 0 Å². The Labute approximate surface area is 191 Å². The molecule has 0 aromatic carbocycles. The lowest BCUT2D eigenvalue weighted by Crippen LogP contribution is -2.01. The van der Waals surface area contributed by atoms with E-state index in [1.807, 2.05) is 0 Å². The zero-order chi connectivity index (χ0) is 22.0. The van der Waals surface area contributed by atoms with Gasteiger partial charge in [-0.05, 0) is 44.4 Å². The molecule has 30 heavy (non-hydrogen) atoms. The van der Waals surface area contributed by atoms with E-state index in [9.17, 15) is 0 Å². The first-order chi connectivity index (χ1) is 14.8. The second kappa shape index (κ2) is 26.3. The zero-order valence-corrected chi connectivity index (χ0v) is 20.7. The third kappa shape index (κ3) is 23.5. The Balaban J connectivity index is 3.77. The van der Waals surface area contributed by atoms with Crippen molar-refractivity contribution >= 4 is 0 Å².